The van der Waals surface area contributed by atoms with Gasteiger partial charge in [-0.05, 0) is 24.1 Å². The summed E-state index contributed by atoms with van der Waals surface area (Å²) in [4.78, 5) is 46.0. The maximum atomic E-state index is 11.7. The number of carbonyl (C=O) groups is 4. The summed E-state index contributed by atoms with van der Waals surface area (Å²) in [6.45, 7) is 1.25. The predicted molar refractivity (Wildman–Crippen MR) is 145 cm³/mol. The van der Waals surface area contributed by atoms with Gasteiger partial charge in [-0.2, -0.15) is 0 Å². The topological polar surface area (TPSA) is 241 Å². The van der Waals surface area contributed by atoms with Gasteiger partial charge in [0, 0.05) is 38.2 Å². The summed E-state index contributed by atoms with van der Waals surface area (Å²) in [6.07, 6.45) is 2.32. The molecule has 43 heavy (non-hydrogen) atoms. The molecule has 2 heterocycles. The molecule has 0 amide bonds. The first-order valence-corrected chi connectivity index (χ1v) is 13.9. The number of hydrogen-bond donors (Lipinski definition) is 4. The lowest BCUT2D eigenvalue weighted by Crippen LogP contribution is -2.26. The van der Waals surface area contributed by atoms with E-state index in [9.17, 15) is 28.5 Å². The molecule has 18 nitrogen and oxygen atoms in total. The first kappa shape index (κ1) is 32.8. The highest BCUT2D eigenvalue weighted by molar-refractivity contribution is 7.80. The fraction of sp³-hybridized carbons (Fsp3) is 0.417. The van der Waals surface area contributed by atoms with E-state index in [4.69, 9.17) is 14.4 Å². The molecular formula is C24H30N8O10S. The maximum Gasteiger partial charge on any atom is 0.328 e. The number of benzene rings is 1. The van der Waals surface area contributed by atoms with E-state index in [0.29, 0.717) is 30.0 Å². The van der Waals surface area contributed by atoms with E-state index in [0.717, 1.165) is 5.56 Å². The van der Waals surface area contributed by atoms with Crippen LogP contribution in [0.2, 0.25) is 0 Å². The number of nitrogens with one attached hydrogen (secondary N) is 1. The molecule has 1 unspecified atom stereocenters. The van der Waals surface area contributed by atoms with Crippen molar-refractivity contribution in [1.82, 2.24) is 34.9 Å². The fourth-order valence-electron chi connectivity index (χ4n) is 4.03. The molecule has 0 aliphatic carbocycles. The van der Waals surface area contributed by atoms with Crippen molar-refractivity contribution in [2.45, 2.75) is 51.0 Å². The van der Waals surface area contributed by atoms with E-state index in [1.807, 2.05) is 4.90 Å². The molecule has 1 aromatic carbocycles. The molecule has 3 atom stereocenters. The number of carboxylic acids is 2. The fourth-order valence-corrected chi connectivity index (χ4v) is 4.37. The minimum atomic E-state index is -2.20. The van der Waals surface area contributed by atoms with Gasteiger partial charge in [-0.25, -0.2) is 18.4 Å². The molecule has 3 rings (SSSR count). The van der Waals surface area contributed by atoms with E-state index in [2.05, 4.69) is 30.1 Å². The van der Waals surface area contributed by atoms with Crippen LogP contribution in [0.1, 0.15) is 48.5 Å². The summed E-state index contributed by atoms with van der Waals surface area (Å²) >= 11 is -2.20. The molecular weight excluding hydrogens is 592 g/mol. The quantitative estimate of drug-likeness (QED) is 0.0713. The molecule has 2 aromatic heterocycles. The van der Waals surface area contributed by atoms with E-state index < -0.39 is 35.5 Å². The standard InChI is InChI=1S/C24H30N8O10S/c33-15-41-10-8-21(24(37)38)31-13-19(25-28-31)11-30(9-7-17-1-3-18(4-2-17)27-43(39)40)12-20-14-32(29-26-20)22(42-16-34)5-6-23(35)36/h1-4,13-16,21-22,27H,5-12H2,(H,35,36)(H,37,38)(H,39,40)/t21-,22+/m0/s1. The maximum absolute atomic E-state index is 11.7. The van der Waals surface area contributed by atoms with E-state index in [1.54, 1.807) is 24.3 Å². The third-order valence-electron chi connectivity index (χ3n) is 6.06. The Morgan fingerprint density at radius 1 is 1.00 bits per heavy atom. The van der Waals surface area contributed by atoms with Gasteiger partial charge in [0.15, 0.2) is 12.3 Å². The second-order valence-corrected chi connectivity index (χ2v) is 9.82. The van der Waals surface area contributed by atoms with Gasteiger partial charge in [0.25, 0.3) is 24.2 Å². The number of anilines is 1. The van der Waals surface area contributed by atoms with Crippen molar-refractivity contribution in [2.75, 3.05) is 17.9 Å². The summed E-state index contributed by atoms with van der Waals surface area (Å²) in [7, 11) is 0. The molecule has 0 aliphatic rings. The molecule has 19 heteroatoms. The summed E-state index contributed by atoms with van der Waals surface area (Å²) in [5, 5.41) is 34.7. The Kier molecular flexibility index (Phi) is 12.7. The Labute approximate surface area is 247 Å². The molecule has 0 fully saturated rings. The normalized spacial score (nSPS) is 13.2. The van der Waals surface area contributed by atoms with Crippen LogP contribution in [0, 0.1) is 0 Å². The monoisotopic (exact) mass is 622 g/mol. The van der Waals surface area contributed by atoms with Crippen molar-refractivity contribution in [3.63, 3.8) is 0 Å². The van der Waals surface area contributed by atoms with Crippen LogP contribution in [0.4, 0.5) is 5.69 Å². The predicted octanol–water partition coefficient (Wildman–Crippen LogP) is 0.388. The number of carboxylic acid groups (broad SMARTS) is 2. The minimum Gasteiger partial charge on any atom is -0.481 e. The van der Waals surface area contributed by atoms with Crippen LogP contribution in [-0.2, 0) is 59.4 Å². The first-order chi connectivity index (χ1) is 20.7. The second kappa shape index (κ2) is 16.6. The van der Waals surface area contributed by atoms with Crippen LogP contribution in [-0.4, -0.2) is 91.9 Å². The van der Waals surface area contributed by atoms with E-state index >= 15 is 0 Å². The highest BCUT2D eigenvalue weighted by Crippen LogP contribution is 2.17. The number of aliphatic carboxylic acids is 2. The van der Waals surface area contributed by atoms with Gasteiger partial charge in [-0.1, -0.05) is 22.6 Å². The van der Waals surface area contributed by atoms with E-state index in [1.165, 1.54) is 21.8 Å². The van der Waals surface area contributed by atoms with Gasteiger partial charge in [0.1, 0.15) is 0 Å². The minimum absolute atomic E-state index is 0.00960. The van der Waals surface area contributed by atoms with Crippen molar-refractivity contribution in [3.8, 4) is 0 Å². The number of carbonyl (C=O) groups excluding carboxylic acids is 2. The van der Waals surface area contributed by atoms with Gasteiger partial charge in [0.05, 0.1) is 36.8 Å². The van der Waals surface area contributed by atoms with Crippen molar-refractivity contribution in [2.24, 2.45) is 0 Å². The summed E-state index contributed by atoms with van der Waals surface area (Å²) in [6, 6.07) is 5.81. The lowest BCUT2D eigenvalue weighted by molar-refractivity contribution is -0.144. The average Bonchev–Trinajstić information content (AvgIpc) is 3.62. The Morgan fingerprint density at radius 3 is 2.23 bits per heavy atom. The lowest BCUT2D eigenvalue weighted by Gasteiger charge is -2.20. The summed E-state index contributed by atoms with van der Waals surface area (Å²) < 4.78 is 34.4. The molecule has 0 radical (unpaired) electrons. The summed E-state index contributed by atoms with van der Waals surface area (Å²) in [5.41, 5.74) is 2.31. The molecule has 232 valence electrons. The summed E-state index contributed by atoms with van der Waals surface area (Å²) in [5.74, 6) is -2.23. The van der Waals surface area contributed by atoms with Crippen LogP contribution in [0.3, 0.4) is 0 Å². The average molecular weight is 623 g/mol. The third kappa shape index (κ3) is 10.9. The number of hydrogen-bond acceptors (Lipinski definition) is 12. The largest absolute Gasteiger partial charge is 0.481 e. The molecule has 0 aliphatic heterocycles. The van der Waals surface area contributed by atoms with Crippen LogP contribution in [0.15, 0.2) is 36.7 Å². The van der Waals surface area contributed by atoms with Gasteiger partial charge >= 0.3 is 11.9 Å². The molecule has 0 bridgehead atoms. The number of aromatic nitrogens is 6. The molecule has 0 saturated carbocycles. The lowest BCUT2D eigenvalue weighted by atomic mass is 10.1. The Morgan fingerprint density at radius 2 is 1.65 bits per heavy atom. The Balaban J connectivity index is 1.76. The number of rotatable bonds is 21. The van der Waals surface area contributed by atoms with Gasteiger partial charge < -0.3 is 19.7 Å². The second-order valence-electron chi connectivity index (χ2n) is 9.12. The molecule has 4 N–H and O–H groups in total. The number of nitrogens with zero attached hydrogens (tertiary/aromatic N) is 7. The SMILES string of the molecule is O=COCC[C@@H](C(=O)O)n1cc(CN(CCc2ccc(NS(=O)O)cc2)Cc2cn([C@@H](CCC(=O)O)OC=O)nn2)nn1. The molecule has 0 spiro atoms. The molecule has 0 saturated heterocycles. The Bertz CT molecular complexity index is 1380. The van der Waals surface area contributed by atoms with E-state index in [-0.39, 0.29) is 51.9 Å². The third-order valence-corrected chi connectivity index (χ3v) is 6.47. The van der Waals surface area contributed by atoms with Crippen molar-refractivity contribution < 1.29 is 47.6 Å². The zero-order chi connectivity index (χ0) is 31.2. The van der Waals surface area contributed by atoms with Crippen LogP contribution < -0.4 is 4.72 Å². The smallest absolute Gasteiger partial charge is 0.328 e. The van der Waals surface area contributed by atoms with Crippen molar-refractivity contribution >= 4 is 41.8 Å². The Hall–Kier alpha value is -4.75. The first-order valence-electron chi connectivity index (χ1n) is 12.8. The van der Waals surface area contributed by atoms with Crippen LogP contribution in [0.5, 0.6) is 0 Å². The zero-order valence-corrected chi connectivity index (χ0v) is 23.5. The zero-order valence-electron chi connectivity index (χ0n) is 22.7. The van der Waals surface area contributed by atoms with Gasteiger partial charge in [0.2, 0.25) is 0 Å². The van der Waals surface area contributed by atoms with Crippen molar-refractivity contribution in [3.05, 3.63) is 53.6 Å². The van der Waals surface area contributed by atoms with Gasteiger partial charge in [-0.15, -0.1) is 10.2 Å². The number of ether oxygens (including phenoxy) is 2. The highest BCUT2D eigenvalue weighted by Gasteiger charge is 2.23. The van der Waals surface area contributed by atoms with Crippen LogP contribution in [0.25, 0.3) is 0 Å². The molecule has 3 aromatic rings. The highest BCUT2D eigenvalue weighted by atomic mass is 32.2. The van der Waals surface area contributed by atoms with Crippen molar-refractivity contribution in [1.29, 1.82) is 0 Å². The van der Waals surface area contributed by atoms with Gasteiger partial charge in [-0.3, -0.25) is 28.6 Å². The van der Waals surface area contributed by atoms with Crippen LogP contribution >= 0.6 is 0 Å².